The Morgan fingerprint density at radius 2 is 1.97 bits per heavy atom. The van der Waals surface area contributed by atoms with Gasteiger partial charge in [-0.25, -0.2) is 9.97 Å². The van der Waals surface area contributed by atoms with Crippen molar-refractivity contribution in [3.63, 3.8) is 0 Å². The summed E-state index contributed by atoms with van der Waals surface area (Å²) in [6.07, 6.45) is 7.95. The molecule has 1 fully saturated rings. The van der Waals surface area contributed by atoms with E-state index in [1.807, 2.05) is 26.1 Å². The Bertz CT molecular complexity index is 976. The van der Waals surface area contributed by atoms with Crippen LogP contribution in [-0.2, 0) is 19.4 Å². The van der Waals surface area contributed by atoms with Crippen LogP contribution >= 0.6 is 0 Å². The van der Waals surface area contributed by atoms with Gasteiger partial charge in [0.1, 0.15) is 11.4 Å². The van der Waals surface area contributed by atoms with Gasteiger partial charge in [-0.05, 0) is 82.7 Å². The number of nitrogens with one attached hydrogen (secondary N) is 2. The highest BCUT2D eigenvalue weighted by molar-refractivity contribution is 5.95. The second kappa shape index (κ2) is 8.45. The molecule has 1 aliphatic heterocycles. The second-order valence-corrected chi connectivity index (χ2v) is 8.11. The molecule has 0 spiro atoms. The fraction of sp³-hybridized carbons (Fsp3) is 0.545. The molecular weight excluding hydrogens is 366 g/mol. The van der Waals surface area contributed by atoms with E-state index in [-0.39, 0.29) is 29.6 Å². The predicted molar refractivity (Wildman–Crippen MR) is 111 cm³/mol. The lowest BCUT2D eigenvalue weighted by Gasteiger charge is -2.25. The number of fused-ring (bicyclic) bond motifs is 1. The number of aromatic nitrogens is 3. The van der Waals surface area contributed by atoms with Gasteiger partial charge in [-0.2, -0.15) is 0 Å². The Labute approximate surface area is 171 Å². The largest absolute Gasteiger partial charge is 0.345 e. The molecule has 1 amide bonds. The minimum atomic E-state index is -0.352. The molecule has 1 saturated heterocycles. The number of rotatable bonds is 4. The van der Waals surface area contributed by atoms with Gasteiger partial charge in [-0.15, -0.1) is 0 Å². The van der Waals surface area contributed by atoms with Gasteiger partial charge < -0.3 is 15.2 Å². The molecule has 0 aromatic carbocycles. The van der Waals surface area contributed by atoms with Crippen molar-refractivity contribution in [3.05, 3.63) is 56.5 Å². The van der Waals surface area contributed by atoms with Crippen LogP contribution < -0.4 is 16.2 Å². The fourth-order valence-corrected chi connectivity index (χ4v) is 4.46. The molecule has 2 N–H and O–H groups in total. The van der Waals surface area contributed by atoms with Crippen molar-refractivity contribution < 1.29 is 4.79 Å². The lowest BCUT2D eigenvalue weighted by atomic mass is 9.95. The Morgan fingerprint density at radius 3 is 2.76 bits per heavy atom. The number of carbonyl (C=O) groups excluding carboxylic acids is 1. The van der Waals surface area contributed by atoms with Crippen LogP contribution in [0.1, 0.15) is 70.4 Å². The third-order valence-electron chi connectivity index (χ3n) is 6.10. The monoisotopic (exact) mass is 395 g/mol. The molecule has 1 aliphatic carbocycles. The minimum Gasteiger partial charge on any atom is -0.345 e. The Hall–Kier alpha value is -2.54. The van der Waals surface area contributed by atoms with Gasteiger partial charge in [0, 0.05) is 23.6 Å². The standard InChI is InChI=1S/C22H29N5O2/c1-14-9-12-27(16-7-10-23-11-8-16)22(29)20(14)21(28)24-13-19-25-15(2)17-5-3-4-6-18(17)26-19/h9,12,16,23H,3-8,10-11,13H2,1-2H3,(H,24,28). The first kappa shape index (κ1) is 19.8. The summed E-state index contributed by atoms with van der Waals surface area (Å²) in [6, 6.07) is 2.00. The molecule has 29 heavy (non-hydrogen) atoms. The molecule has 0 saturated carbocycles. The van der Waals surface area contributed by atoms with Gasteiger partial charge in [-0.1, -0.05) is 0 Å². The zero-order valence-corrected chi connectivity index (χ0v) is 17.3. The van der Waals surface area contributed by atoms with Crippen LogP contribution in [0.5, 0.6) is 0 Å². The summed E-state index contributed by atoms with van der Waals surface area (Å²) in [5, 5.41) is 6.18. The number of aryl methyl sites for hydroxylation is 3. The van der Waals surface area contributed by atoms with Gasteiger partial charge in [-0.3, -0.25) is 9.59 Å². The molecule has 7 heteroatoms. The molecular formula is C22H29N5O2. The van der Waals surface area contributed by atoms with Gasteiger partial charge in [0.25, 0.3) is 11.5 Å². The van der Waals surface area contributed by atoms with E-state index >= 15 is 0 Å². The molecule has 0 unspecified atom stereocenters. The van der Waals surface area contributed by atoms with Crippen LogP contribution in [0.3, 0.4) is 0 Å². The summed E-state index contributed by atoms with van der Waals surface area (Å²) >= 11 is 0. The third kappa shape index (κ3) is 4.10. The average Bonchev–Trinajstić information content (AvgIpc) is 2.73. The van der Waals surface area contributed by atoms with Gasteiger partial charge in [0.15, 0.2) is 0 Å². The fourth-order valence-electron chi connectivity index (χ4n) is 4.46. The topological polar surface area (TPSA) is 88.9 Å². The number of amides is 1. The second-order valence-electron chi connectivity index (χ2n) is 8.11. The summed E-state index contributed by atoms with van der Waals surface area (Å²) in [4.78, 5) is 35.1. The normalized spacial score (nSPS) is 17.0. The average molecular weight is 396 g/mol. The smallest absolute Gasteiger partial charge is 0.263 e. The molecule has 7 nitrogen and oxygen atoms in total. The number of hydrogen-bond donors (Lipinski definition) is 2. The Morgan fingerprint density at radius 1 is 1.21 bits per heavy atom. The SMILES string of the molecule is Cc1ccn(C2CCNCC2)c(=O)c1C(=O)NCc1nc(C)c2c(n1)CCCC2. The third-order valence-corrected chi connectivity index (χ3v) is 6.10. The first-order valence-electron chi connectivity index (χ1n) is 10.6. The van der Waals surface area contributed by atoms with E-state index in [4.69, 9.17) is 0 Å². The van der Waals surface area contributed by atoms with Crippen molar-refractivity contribution in [2.75, 3.05) is 13.1 Å². The lowest BCUT2D eigenvalue weighted by Crippen LogP contribution is -2.38. The van der Waals surface area contributed by atoms with Crippen molar-refractivity contribution in [1.29, 1.82) is 0 Å². The highest BCUT2D eigenvalue weighted by Crippen LogP contribution is 2.21. The Balaban J connectivity index is 1.53. The van der Waals surface area contributed by atoms with Gasteiger partial charge in [0.2, 0.25) is 0 Å². The number of hydrogen-bond acceptors (Lipinski definition) is 5. The van der Waals surface area contributed by atoms with Crippen LogP contribution in [0.4, 0.5) is 0 Å². The van der Waals surface area contributed by atoms with E-state index in [1.54, 1.807) is 4.57 Å². The first-order valence-corrected chi connectivity index (χ1v) is 10.6. The first-order chi connectivity index (χ1) is 14.0. The number of pyridine rings is 1. The van der Waals surface area contributed by atoms with E-state index in [0.717, 1.165) is 56.6 Å². The molecule has 3 heterocycles. The van der Waals surface area contributed by atoms with Crippen molar-refractivity contribution in [1.82, 2.24) is 25.2 Å². The van der Waals surface area contributed by atoms with E-state index in [0.29, 0.717) is 11.4 Å². The van der Waals surface area contributed by atoms with E-state index in [1.165, 1.54) is 12.0 Å². The van der Waals surface area contributed by atoms with Crippen molar-refractivity contribution in [3.8, 4) is 0 Å². The van der Waals surface area contributed by atoms with Crippen LogP contribution in [0, 0.1) is 13.8 Å². The molecule has 0 radical (unpaired) electrons. The molecule has 0 bridgehead atoms. The number of nitrogens with zero attached hydrogens (tertiary/aromatic N) is 3. The van der Waals surface area contributed by atoms with E-state index < -0.39 is 0 Å². The van der Waals surface area contributed by atoms with Crippen molar-refractivity contribution >= 4 is 5.91 Å². The zero-order valence-electron chi connectivity index (χ0n) is 17.3. The van der Waals surface area contributed by atoms with Gasteiger partial charge in [0.05, 0.1) is 6.54 Å². The molecule has 0 atom stereocenters. The number of carbonyl (C=O) groups is 1. The molecule has 2 aliphatic rings. The molecule has 154 valence electrons. The zero-order chi connectivity index (χ0) is 20.4. The van der Waals surface area contributed by atoms with Crippen LogP contribution in [0.2, 0.25) is 0 Å². The summed E-state index contributed by atoms with van der Waals surface area (Å²) in [6.45, 7) is 5.83. The maximum Gasteiger partial charge on any atom is 0.263 e. The minimum absolute atomic E-state index is 0.141. The maximum atomic E-state index is 13.0. The van der Waals surface area contributed by atoms with Crippen molar-refractivity contribution in [2.24, 2.45) is 0 Å². The highest BCUT2D eigenvalue weighted by Gasteiger charge is 2.22. The number of piperidine rings is 1. The lowest BCUT2D eigenvalue weighted by molar-refractivity contribution is 0.0946. The highest BCUT2D eigenvalue weighted by atomic mass is 16.2. The molecule has 4 rings (SSSR count). The molecule has 2 aromatic heterocycles. The van der Waals surface area contributed by atoms with E-state index in [2.05, 4.69) is 20.6 Å². The van der Waals surface area contributed by atoms with Crippen molar-refractivity contribution in [2.45, 2.75) is 65.0 Å². The van der Waals surface area contributed by atoms with E-state index in [9.17, 15) is 9.59 Å². The van der Waals surface area contributed by atoms with Gasteiger partial charge >= 0.3 is 0 Å². The molecule has 2 aromatic rings. The summed E-state index contributed by atoms with van der Waals surface area (Å²) < 4.78 is 1.72. The summed E-state index contributed by atoms with van der Waals surface area (Å²) in [5.74, 6) is 0.263. The quantitative estimate of drug-likeness (QED) is 0.826. The summed E-state index contributed by atoms with van der Waals surface area (Å²) in [5.41, 5.74) is 4.08. The Kier molecular flexibility index (Phi) is 5.76. The predicted octanol–water partition coefficient (Wildman–Crippen LogP) is 1.99. The van der Waals surface area contributed by atoms with Crippen LogP contribution in [0.25, 0.3) is 0 Å². The van der Waals surface area contributed by atoms with Crippen LogP contribution in [-0.4, -0.2) is 33.5 Å². The maximum absolute atomic E-state index is 13.0. The van der Waals surface area contributed by atoms with Crippen LogP contribution in [0.15, 0.2) is 17.1 Å². The summed E-state index contributed by atoms with van der Waals surface area (Å²) in [7, 11) is 0.